The summed E-state index contributed by atoms with van der Waals surface area (Å²) >= 11 is 11.6. The van der Waals surface area contributed by atoms with Crippen LogP contribution in [0.2, 0.25) is 10.2 Å². The van der Waals surface area contributed by atoms with Crippen LogP contribution in [0, 0.1) is 0 Å². The van der Waals surface area contributed by atoms with Crippen LogP contribution < -0.4 is 5.32 Å². The van der Waals surface area contributed by atoms with E-state index in [4.69, 9.17) is 28.3 Å². The minimum absolute atomic E-state index is 0.0341. The van der Waals surface area contributed by atoms with Crippen molar-refractivity contribution in [3.05, 3.63) is 63.4 Å². The van der Waals surface area contributed by atoms with Crippen LogP contribution >= 0.6 is 23.2 Å². The second kappa shape index (κ2) is 6.70. The summed E-state index contributed by atoms with van der Waals surface area (Å²) in [6, 6.07) is 8.74. The number of aliphatic hydroxyl groups excluding tert-OH is 1. The number of nitrogens with zero attached hydrogens (tertiary/aromatic N) is 1. The normalized spacial score (nSPS) is 10.3. The van der Waals surface area contributed by atoms with Crippen molar-refractivity contribution in [1.82, 2.24) is 10.3 Å². The predicted molar refractivity (Wildman–Crippen MR) is 77.8 cm³/mol. The van der Waals surface area contributed by atoms with E-state index in [0.717, 1.165) is 11.1 Å². The number of halogens is 2. The van der Waals surface area contributed by atoms with Gasteiger partial charge in [0.15, 0.2) is 0 Å². The Labute approximate surface area is 126 Å². The molecule has 0 atom stereocenters. The summed E-state index contributed by atoms with van der Waals surface area (Å²) < 4.78 is 0. The van der Waals surface area contributed by atoms with Crippen LogP contribution in [0.4, 0.5) is 0 Å². The molecule has 2 N–H and O–H groups in total. The van der Waals surface area contributed by atoms with Crippen molar-refractivity contribution in [2.45, 2.75) is 13.2 Å². The van der Waals surface area contributed by atoms with Crippen molar-refractivity contribution >= 4 is 29.1 Å². The Kier molecular flexibility index (Phi) is 4.95. The van der Waals surface area contributed by atoms with E-state index >= 15 is 0 Å². The van der Waals surface area contributed by atoms with Crippen LogP contribution in [0.15, 0.2) is 36.5 Å². The van der Waals surface area contributed by atoms with E-state index in [9.17, 15) is 4.79 Å². The number of pyridine rings is 1. The van der Waals surface area contributed by atoms with E-state index < -0.39 is 0 Å². The largest absolute Gasteiger partial charge is 0.392 e. The van der Waals surface area contributed by atoms with Crippen molar-refractivity contribution in [3.8, 4) is 0 Å². The molecule has 0 radical (unpaired) electrons. The summed E-state index contributed by atoms with van der Waals surface area (Å²) in [4.78, 5) is 15.8. The van der Waals surface area contributed by atoms with Gasteiger partial charge in [0.1, 0.15) is 5.15 Å². The summed E-state index contributed by atoms with van der Waals surface area (Å²) in [5, 5.41) is 12.3. The van der Waals surface area contributed by atoms with Gasteiger partial charge in [-0.3, -0.25) is 4.79 Å². The molecule has 0 aliphatic heterocycles. The Morgan fingerprint density at radius 3 is 2.75 bits per heavy atom. The summed E-state index contributed by atoms with van der Waals surface area (Å²) in [6.45, 7) is 0.302. The molecule has 0 fully saturated rings. The van der Waals surface area contributed by atoms with E-state index in [-0.39, 0.29) is 28.3 Å². The lowest BCUT2D eigenvalue weighted by Crippen LogP contribution is -2.23. The monoisotopic (exact) mass is 310 g/mol. The number of aromatic nitrogens is 1. The number of nitrogens with one attached hydrogen (secondary N) is 1. The van der Waals surface area contributed by atoms with Crippen LogP contribution in [0.1, 0.15) is 21.5 Å². The van der Waals surface area contributed by atoms with Gasteiger partial charge < -0.3 is 10.4 Å². The summed E-state index contributed by atoms with van der Waals surface area (Å²) in [5.74, 6) is -0.325. The molecule has 0 aliphatic carbocycles. The number of hydrogen-bond acceptors (Lipinski definition) is 3. The van der Waals surface area contributed by atoms with Gasteiger partial charge in [0.2, 0.25) is 0 Å². The first-order valence-electron chi connectivity index (χ1n) is 5.88. The van der Waals surface area contributed by atoms with Gasteiger partial charge in [0.25, 0.3) is 5.91 Å². The number of amides is 1. The van der Waals surface area contributed by atoms with Crippen molar-refractivity contribution in [3.63, 3.8) is 0 Å². The molecule has 1 amide bonds. The predicted octanol–water partition coefficient (Wildman–Crippen LogP) is 2.81. The first-order valence-corrected chi connectivity index (χ1v) is 6.63. The van der Waals surface area contributed by atoms with Gasteiger partial charge in [0, 0.05) is 12.7 Å². The molecule has 104 valence electrons. The third kappa shape index (κ3) is 3.70. The zero-order valence-electron chi connectivity index (χ0n) is 10.4. The Hall–Kier alpha value is -1.62. The lowest BCUT2D eigenvalue weighted by atomic mass is 10.1. The van der Waals surface area contributed by atoms with Crippen molar-refractivity contribution < 1.29 is 9.90 Å². The van der Waals surface area contributed by atoms with Gasteiger partial charge in [-0.2, -0.15) is 0 Å². The lowest BCUT2D eigenvalue weighted by Gasteiger charge is -2.08. The second-order valence-corrected chi connectivity index (χ2v) is 4.94. The number of carbonyl (C=O) groups is 1. The van der Waals surface area contributed by atoms with E-state index in [1.807, 2.05) is 24.3 Å². The van der Waals surface area contributed by atoms with Gasteiger partial charge >= 0.3 is 0 Å². The van der Waals surface area contributed by atoms with E-state index in [2.05, 4.69) is 10.3 Å². The van der Waals surface area contributed by atoms with E-state index in [1.54, 1.807) is 0 Å². The van der Waals surface area contributed by atoms with Crippen LogP contribution in [-0.4, -0.2) is 16.0 Å². The van der Waals surface area contributed by atoms with Crippen LogP contribution in [0.25, 0.3) is 0 Å². The molecule has 4 nitrogen and oxygen atoms in total. The summed E-state index contributed by atoms with van der Waals surface area (Å²) in [6.07, 6.45) is 1.34. The molecule has 2 rings (SSSR count). The maximum absolute atomic E-state index is 12.0. The molecule has 1 aromatic heterocycles. The lowest BCUT2D eigenvalue weighted by molar-refractivity contribution is 0.0951. The number of rotatable bonds is 4. The maximum Gasteiger partial charge on any atom is 0.253 e. The SMILES string of the molecule is O=C(NCc1cccc(CO)c1)c1cc(Cl)ncc1Cl. The third-order valence-corrected chi connectivity index (χ3v) is 3.20. The highest BCUT2D eigenvalue weighted by molar-refractivity contribution is 6.35. The van der Waals surface area contributed by atoms with Gasteiger partial charge in [-0.1, -0.05) is 47.5 Å². The molecular formula is C14H12Cl2N2O2. The fraction of sp³-hybridized carbons (Fsp3) is 0.143. The van der Waals surface area contributed by atoms with Crippen molar-refractivity contribution in [2.24, 2.45) is 0 Å². The van der Waals surface area contributed by atoms with Gasteiger partial charge in [-0.15, -0.1) is 0 Å². The molecule has 0 saturated carbocycles. The topological polar surface area (TPSA) is 62.2 Å². The number of carbonyl (C=O) groups excluding carboxylic acids is 1. The number of hydrogen-bond donors (Lipinski definition) is 2. The minimum atomic E-state index is -0.325. The van der Waals surface area contributed by atoms with E-state index in [1.165, 1.54) is 12.3 Å². The highest BCUT2D eigenvalue weighted by Crippen LogP contribution is 2.18. The number of benzene rings is 1. The van der Waals surface area contributed by atoms with Crippen molar-refractivity contribution in [2.75, 3.05) is 0 Å². The Bertz CT molecular complexity index is 632. The third-order valence-electron chi connectivity index (χ3n) is 2.69. The van der Waals surface area contributed by atoms with Gasteiger partial charge in [-0.25, -0.2) is 4.98 Å². The molecule has 0 bridgehead atoms. The smallest absolute Gasteiger partial charge is 0.253 e. The first-order chi connectivity index (χ1) is 9.60. The summed E-state index contributed by atoms with van der Waals surface area (Å²) in [7, 11) is 0. The van der Waals surface area contributed by atoms with Gasteiger partial charge in [0.05, 0.1) is 17.2 Å². The average molecular weight is 311 g/mol. The number of aliphatic hydroxyl groups is 1. The van der Waals surface area contributed by atoms with E-state index in [0.29, 0.717) is 6.54 Å². The molecule has 0 saturated heterocycles. The average Bonchev–Trinajstić information content (AvgIpc) is 2.47. The summed E-state index contributed by atoms with van der Waals surface area (Å²) in [5.41, 5.74) is 1.97. The first kappa shape index (κ1) is 14.8. The maximum atomic E-state index is 12.0. The Morgan fingerprint density at radius 1 is 1.25 bits per heavy atom. The fourth-order valence-corrected chi connectivity index (χ4v) is 2.05. The Morgan fingerprint density at radius 2 is 2.00 bits per heavy atom. The second-order valence-electron chi connectivity index (χ2n) is 4.15. The molecule has 1 heterocycles. The van der Waals surface area contributed by atoms with Crippen molar-refractivity contribution in [1.29, 1.82) is 0 Å². The molecule has 0 aliphatic rings. The Balaban J connectivity index is 2.06. The molecule has 2 aromatic rings. The molecule has 20 heavy (non-hydrogen) atoms. The van der Waals surface area contributed by atoms with Crippen LogP contribution in [-0.2, 0) is 13.2 Å². The zero-order valence-corrected chi connectivity index (χ0v) is 11.9. The molecule has 1 aromatic carbocycles. The van der Waals surface area contributed by atoms with Crippen LogP contribution in [0.5, 0.6) is 0 Å². The zero-order chi connectivity index (χ0) is 14.5. The molecule has 6 heteroatoms. The molecule has 0 unspecified atom stereocenters. The quantitative estimate of drug-likeness (QED) is 0.854. The fourth-order valence-electron chi connectivity index (χ4n) is 1.70. The standard InChI is InChI=1S/C14H12Cl2N2O2/c15-12-7-17-13(16)5-11(12)14(20)18-6-9-2-1-3-10(4-9)8-19/h1-5,7,19H,6,8H2,(H,18,20). The van der Waals surface area contributed by atoms with Gasteiger partial charge in [-0.05, 0) is 17.2 Å². The molecular weight excluding hydrogens is 299 g/mol. The highest BCUT2D eigenvalue weighted by atomic mass is 35.5. The molecule has 0 spiro atoms. The highest BCUT2D eigenvalue weighted by Gasteiger charge is 2.11. The van der Waals surface area contributed by atoms with Crippen LogP contribution in [0.3, 0.4) is 0 Å². The minimum Gasteiger partial charge on any atom is -0.392 e.